The van der Waals surface area contributed by atoms with E-state index >= 15 is 0 Å². The summed E-state index contributed by atoms with van der Waals surface area (Å²) in [5, 5.41) is 11.4. The molecule has 0 aliphatic rings. The van der Waals surface area contributed by atoms with Crippen LogP contribution in [-0.4, -0.2) is 24.2 Å². The fraction of sp³-hybridized carbons (Fsp3) is 0.400. The van der Waals surface area contributed by atoms with Gasteiger partial charge < -0.3 is 10.4 Å². The molecule has 3 nitrogen and oxygen atoms in total. The highest BCUT2D eigenvalue weighted by Crippen LogP contribution is 2.34. The number of carbonyl (C=O) groups excluding carboxylic acids is 1. The summed E-state index contributed by atoms with van der Waals surface area (Å²) in [6.45, 7) is 3.40. The van der Waals surface area contributed by atoms with Crippen LogP contribution >= 0.6 is 0 Å². The van der Waals surface area contributed by atoms with Gasteiger partial charge in [-0.25, -0.2) is 0 Å². The van der Waals surface area contributed by atoms with Crippen LogP contribution in [-0.2, 0) is 11.0 Å². The fourth-order valence-corrected chi connectivity index (χ4v) is 1.74. The molecule has 0 saturated carbocycles. The van der Waals surface area contributed by atoms with E-state index in [0.29, 0.717) is 0 Å². The number of benzene rings is 1. The van der Waals surface area contributed by atoms with Crippen molar-refractivity contribution in [2.24, 2.45) is 5.92 Å². The number of carbonyl (C=O) groups is 1. The molecule has 0 heterocycles. The van der Waals surface area contributed by atoms with Crippen LogP contribution < -0.4 is 5.32 Å². The first-order valence-corrected chi connectivity index (χ1v) is 6.49. The average molecular weight is 301 g/mol. The normalized spacial score (nSPS) is 13.9. The Labute approximate surface area is 121 Å². The van der Waals surface area contributed by atoms with E-state index in [1.54, 1.807) is 6.92 Å². The Kier molecular flexibility index (Phi) is 5.96. The Morgan fingerprint density at radius 3 is 2.57 bits per heavy atom. The van der Waals surface area contributed by atoms with Gasteiger partial charge in [0.1, 0.15) is 0 Å². The minimum Gasteiger partial charge on any atom is -0.396 e. The molecule has 0 saturated heterocycles. The molecule has 2 N–H and O–H groups in total. The van der Waals surface area contributed by atoms with E-state index in [2.05, 4.69) is 5.32 Å². The Morgan fingerprint density at radius 1 is 1.38 bits per heavy atom. The molecule has 1 unspecified atom stereocenters. The Bertz CT molecular complexity index is 524. The average Bonchev–Trinajstić information content (AvgIpc) is 2.43. The molecule has 116 valence electrons. The number of rotatable bonds is 5. The van der Waals surface area contributed by atoms with E-state index in [9.17, 15) is 18.0 Å². The summed E-state index contributed by atoms with van der Waals surface area (Å²) in [4.78, 5) is 11.7. The number of hydrogen-bond acceptors (Lipinski definition) is 2. The summed E-state index contributed by atoms with van der Waals surface area (Å²) < 4.78 is 38.7. The van der Waals surface area contributed by atoms with Gasteiger partial charge in [0.2, 0.25) is 5.91 Å². The van der Waals surface area contributed by atoms with Crippen LogP contribution in [0.3, 0.4) is 0 Å². The van der Waals surface area contributed by atoms with Gasteiger partial charge in [-0.05, 0) is 30.0 Å². The Hall–Kier alpha value is -1.82. The predicted octanol–water partition coefficient (Wildman–Crippen LogP) is 2.85. The van der Waals surface area contributed by atoms with Crippen molar-refractivity contribution in [1.29, 1.82) is 0 Å². The molecule has 0 bridgehead atoms. The monoisotopic (exact) mass is 301 g/mol. The summed E-state index contributed by atoms with van der Waals surface area (Å²) in [7, 11) is 0. The van der Waals surface area contributed by atoms with Gasteiger partial charge in [-0.1, -0.05) is 25.1 Å². The Morgan fingerprint density at radius 2 is 2.00 bits per heavy atom. The van der Waals surface area contributed by atoms with Gasteiger partial charge in [-0.15, -0.1) is 0 Å². The first-order chi connectivity index (χ1) is 9.75. The lowest BCUT2D eigenvalue weighted by molar-refractivity contribution is -0.137. The minimum absolute atomic E-state index is 0.0182. The standard InChI is InChI=1S/C15H18F3NO2/c1-10(9-20)8-19-14(21)7-11(2)12-5-3-4-6-13(12)15(16,17)18/h3-7,10,20H,8-9H2,1-2H3,(H,19,21)/b11-7-. The molecule has 0 aromatic heterocycles. The second-order valence-electron chi connectivity index (χ2n) is 4.90. The second kappa shape index (κ2) is 7.26. The van der Waals surface area contributed by atoms with Crippen molar-refractivity contribution in [2.45, 2.75) is 20.0 Å². The lowest BCUT2D eigenvalue weighted by atomic mass is 10.00. The van der Waals surface area contributed by atoms with Gasteiger partial charge in [-0.2, -0.15) is 13.2 Å². The van der Waals surface area contributed by atoms with Crippen LogP contribution in [0.1, 0.15) is 25.0 Å². The van der Waals surface area contributed by atoms with Gasteiger partial charge in [0, 0.05) is 19.2 Å². The molecule has 1 rings (SSSR count). The topological polar surface area (TPSA) is 49.3 Å². The molecular weight excluding hydrogens is 283 g/mol. The van der Waals surface area contributed by atoms with E-state index in [4.69, 9.17) is 5.11 Å². The predicted molar refractivity (Wildman–Crippen MR) is 74.4 cm³/mol. The van der Waals surface area contributed by atoms with Gasteiger partial charge in [-0.3, -0.25) is 4.79 Å². The number of aliphatic hydroxyl groups is 1. The second-order valence-corrected chi connectivity index (χ2v) is 4.90. The molecule has 0 fully saturated rings. The van der Waals surface area contributed by atoms with E-state index in [1.165, 1.54) is 25.1 Å². The molecule has 6 heteroatoms. The molecule has 1 amide bonds. The zero-order chi connectivity index (χ0) is 16.0. The first kappa shape index (κ1) is 17.2. The lowest BCUT2D eigenvalue weighted by Crippen LogP contribution is -2.28. The molecule has 1 aromatic carbocycles. The molecule has 21 heavy (non-hydrogen) atoms. The van der Waals surface area contributed by atoms with Gasteiger partial charge in [0.15, 0.2) is 0 Å². The van der Waals surface area contributed by atoms with E-state index in [1.807, 2.05) is 0 Å². The zero-order valence-electron chi connectivity index (χ0n) is 11.9. The first-order valence-electron chi connectivity index (χ1n) is 6.49. The number of amides is 1. The van der Waals surface area contributed by atoms with Crippen molar-refractivity contribution in [2.75, 3.05) is 13.2 Å². The van der Waals surface area contributed by atoms with Crippen molar-refractivity contribution >= 4 is 11.5 Å². The summed E-state index contributed by atoms with van der Waals surface area (Å²) in [6.07, 6.45) is -3.33. The van der Waals surface area contributed by atoms with E-state index in [-0.39, 0.29) is 30.2 Å². The third-order valence-corrected chi connectivity index (χ3v) is 2.94. The van der Waals surface area contributed by atoms with Gasteiger partial charge in [0.05, 0.1) is 5.56 Å². The summed E-state index contributed by atoms with van der Waals surface area (Å²) in [6, 6.07) is 5.12. The number of nitrogens with one attached hydrogen (secondary N) is 1. The van der Waals surface area contributed by atoms with Crippen LogP contribution in [0.15, 0.2) is 30.3 Å². The fourth-order valence-electron chi connectivity index (χ4n) is 1.74. The number of hydrogen-bond donors (Lipinski definition) is 2. The zero-order valence-corrected chi connectivity index (χ0v) is 11.9. The SMILES string of the molecule is C/C(=C/C(=O)NCC(C)CO)c1ccccc1C(F)(F)F. The van der Waals surface area contributed by atoms with Crippen molar-refractivity contribution in [3.63, 3.8) is 0 Å². The van der Waals surface area contributed by atoms with Crippen molar-refractivity contribution in [3.05, 3.63) is 41.5 Å². The van der Waals surface area contributed by atoms with Gasteiger partial charge in [0.25, 0.3) is 0 Å². The maximum absolute atomic E-state index is 12.9. The van der Waals surface area contributed by atoms with Crippen molar-refractivity contribution < 1.29 is 23.1 Å². The largest absolute Gasteiger partial charge is 0.416 e. The van der Waals surface area contributed by atoms with Crippen LogP contribution in [0.2, 0.25) is 0 Å². The molecule has 1 atom stereocenters. The van der Waals surface area contributed by atoms with Crippen LogP contribution in [0.5, 0.6) is 0 Å². The van der Waals surface area contributed by atoms with Crippen LogP contribution in [0.25, 0.3) is 5.57 Å². The maximum Gasteiger partial charge on any atom is 0.416 e. The third-order valence-electron chi connectivity index (χ3n) is 2.94. The quantitative estimate of drug-likeness (QED) is 0.822. The number of alkyl halides is 3. The van der Waals surface area contributed by atoms with Gasteiger partial charge >= 0.3 is 6.18 Å². The number of allylic oxidation sites excluding steroid dienone is 1. The van der Waals surface area contributed by atoms with E-state index in [0.717, 1.165) is 12.1 Å². The maximum atomic E-state index is 12.9. The number of halogens is 3. The van der Waals surface area contributed by atoms with Crippen LogP contribution in [0.4, 0.5) is 13.2 Å². The summed E-state index contributed by atoms with van der Waals surface area (Å²) in [5.41, 5.74) is -0.553. The minimum atomic E-state index is -4.46. The molecular formula is C15H18F3NO2. The summed E-state index contributed by atoms with van der Waals surface area (Å²) >= 11 is 0. The Balaban J connectivity index is 2.91. The highest BCUT2D eigenvalue weighted by atomic mass is 19.4. The number of aliphatic hydroxyl groups excluding tert-OH is 1. The molecule has 0 aliphatic heterocycles. The van der Waals surface area contributed by atoms with Crippen molar-refractivity contribution in [3.8, 4) is 0 Å². The van der Waals surface area contributed by atoms with Crippen molar-refractivity contribution in [1.82, 2.24) is 5.32 Å². The highest BCUT2D eigenvalue weighted by molar-refractivity contribution is 5.95. The smallest absolute Gasteiger partial charge is 0.396 e. The van der Waals surface area contributed by atoms with Crippen LogP contribution in [0, 0.1) is 5.92 Å². The molecule has 0 aliphatic carbocycles. The van der Waals surface area contributed by atoms with E-state index < -0.39 is 17.6 Å². The summed E-state index contributed by atoms with van der Waals surface area (Å²) in [5.74, 6) is -0.588. The molecule has 0 radical (unpaired) electrons. The molecule has 0 spiro atoms. The molecule has 1 aromatic rings. The lowest BCUT2D eigenvalue weighted by Gasteiger charge is -2.13. The third kappa shape index (κ3) is 5.23. The highest BCUT2D eigenvalue weighted by Gasteiger charge is 2.33.